The molecule has 0 unspecified atom stereocenters. The maximum atomic E-state index is 13.9. The molecule has 5 rings (SSSR count). The number of aromatic nitrogens is 2. The third-order valence-corrected chi connectivity index (χ3v) is 8.60. The van der Waals surface area contributed by atoms with Crippen molar-refractivity contribution in [1.29, 1.82) is 0 Å². The van der Waals surface area contributed by atoms with E-state index in [2.05, 4.69) is 29.4 Å². The molecule has 2 aromatic carbocycles. The summed E-state index contributed by atoms with van der Waals surface area (Å²) >= 11 is 0. The molecule has 2 saturated carbocycles. The Hall–Kier alpha value is -3.28. The quantitative estimate of drug-likeness (QED) is 0.360. The lowest BCUT2D eigenvalue weighted by Crippen LogP contribution is -2.35. The number of hydrogen-bond acceptors (Lipinski definition) is 4. The van der Waals surface area contributed by atoms with E-state index in [1.807, 2.05) is 37.4 Å². The fraction of sp³-hybridized carbons (Fsp3) is 0.469. The van der Waals surface area contributed by atoms with Crippen LogP contribution in [0.2, 0.25) is 0 Å². The number of halogens is 1. The molecule has 0 saturated heterocycles. The number of rotatable bonds is 8. The number of carbonyl (C=O) groups is 1. The van der Waals surface area contributed by atoms with Crippen LogP contribution in [-0.2, 0) is 11.8 Å². The van der Waals surface area contributed by atoms with Gasteiger partial charge in [0, 0.05) is 31.2 Å². The molecule has 0 bridgehead atoms. The predicted molar refractivity (Wildman–Crippen MR) is 150 cm³/mol. The Bertz CT molecular complexity index is 1220. The lowest BCUT2D eigenvalue weighted by Gasteiger charge is -2.32. The van der Waals surface area contributed by atoms with Gasteiger partial charge in [0.25, 0.3) is 5.91 Å². The third-order valence-electron chi connectivity index (χ3n) is 8.60. The number of nitrogens with one attached hydrogen (secondary N) is 1. The maximum Gasteiger partial charge on any atom is 0.257 e. The first kappa shape index (κ1) is 26.3. The number of likely N-dealkylation sites (N-methyl/N-ethyl adjacent to an activating group) is 1. The largest absolute Gasteiger partial charge is 0.351 e. The monoisotopic (exact) mass is 514 g/mol. The van der Waals surface area contributed by atoms with Crippen LogP contribution >= 0.6 is 0 Å². The second-order valence-electron chi connectivity index (χ2n) is 11.3. The first-order valence-electron chi connectivity index (χ1n) is 14.1. The molecular weight excluding hydrogens is 475 g/mol. The highest BCUT2D eigenvalue weighted by Crippen LogP contribution is 2.47. The summed E-state index contributed by atoms with van der Waals surface area (Å²) in [5.41, 5.74) is 3.12. The van der Waals surface area contributed by atoms with Gasteiger partial charge in [0.15, 0.2) is 0 Å². The molecule has 2 aliphatic carbocycles. The average Bonchev–Trinajstić information content (AvgIpc) is 3.45. The van der Waals surface area contributed by atoms with Gasteiger partial charge in [-0.15, -0.1) is 0 Å². The highest BCUT2D eigenvalue weighted by molar-refractivity contribution is 5.95. The van der Waals surface area contributed by atoms with E-state index in [1.54, 1.807) is 11.1 Å². The van der Waals surface area contributed by atoms with Crippen LogP contribution < -0.4 is 5.32 Å². The summed E-state index contributed by atoms with van der Waals surface area (Å²) in [7, 11) is 1.85. The second-order valence-corrected chi connectivity index (χ2v) is 11.3. The van der Waals surface area contributed by atoms with E-state index in [0.29, 0.717) is 24.1 Å². The zero-order valence-electron chi connectivity index (χ0n) is 22.6. The van der Waals surface area contributed by atoms with Crippen molar-refractivity contribution in [2.75, 3.05) is 18.9 Å². The molecule has 1 heterocycles. The topological polar surface area (TPSA) is 58.1 Å². The zero-order chi connectivity index (χ0) is 26.5. The Balaban J connectivity index is 1.48. The average molecular weight is 515 g/mol. The van der Waals surface area contributed by atoms with Crippen LogP contribution in [0.1, 0.15) is 85.5 Å². The summed E-state index contributed by atoms with van der Waals surface area (Å²) in [6.45, 7) is 2.91. The zero-order valence-corrected chi connectivity index (χ0v) is 22.6. The summed E-state index contributed by atoms with van der Waals surface area (Å²) in [4.78, 5) is 25.4. The van der Waals surface area contributed by atoms with E-state index in [0.717, 1.165) is 62.1 Å². The predicted octanol–water partition coefficient (Wildman–Crippen LogP) is 6.78. The van der Waals surface area contributed by atoms with Crippen LogP contribution in [0.25, 0.3) is 0 Å². The minimum absolute atomic E-state index is 0.0673. The highest BCUT2D eigenvalue weighted by Gasteiger charge is 2.42. The summed E-state index contributed by atoms with van der Waals surface area (Å²) in [6.07, 6.45) is 11.0. The van der Waals surface area contributed by atoms with Crippen molar-refractivity contribution in [2.24, 2.45) is 5.92 Å². The summed E-state index contributed by atoms with van der Waals surface area (Å²) in [6, 6.07) is 17.3. The Morgan fingerprint density at radius 1 is 1.03 bits per heavy atom. The van der Waals surface area contributed by atoms with Crippen LogP contribution in [-0.4, -0.2) is 40.4 Å². The molecule has 0 radical (unpaired) electrons. The first-order chi connectivity index (χ1) is 18.4. The van der Waals surface area contributed by atoms with Gasteiger partial charge >= 0.3 is 0 Å². The van der Waals surface area contributed by atoms with Crippen LogP contribution in [0.15, 0.2) is 60.8 Å². The van der Waals surface area contributed by atoms with Crippen molar-refractivity contribution in [2.45, 2.75) is 76.2 Å². The smallest absolute Gasteiger partial charge is 0.257 e. The lowest BCUT2D eigenvalue weighted by molar-refractivity contribution is 0.0793. The lowest BCUT2D eigenvalue weighted by atomic mass is 9.74. The molecule has 1 aromatic heterocycles. The Kier molecular flexibility index (Phi) is 8.06. The van der Waals surface area contributed by atoms with Crippen LogP contribution in [0.5, 0.6) is 0 Å². The van der Waals surface area contributed by atoms with Gasteiger partial charge < -0.3 is 10.2 Å². The molecule has 0 aliphatic heterocycles. The third kappa shape index (κ3) is 5.74. The number of anilines is 1. The number of carbonyl (C=O) groups excluding carboxylic acids is 1. The molecule has 2 fully saturated rings. The Morgan fingerprint density at radius 3 is 2.39 bits per heavy atom. The molecule has 5 nitrogen and oxygen atoms in total. The number of hydrogen-bond donors (Lipinski definition) is 1. The number of benzene rings is 2. The molecule has 1 N–H and O–H groups in total. The fourth-order valence-electron chi connectivity index (χ4n) is 6.22. The van der Waals surface area contributed by atoms with Crippen molar-refractivity contribution >= 4 is 11.9 Å². The van der Waals surface area contributed by atoms with Crippen LogP contribution in [0.4, 0.5) is 10.3 Å². The van der Waals surface area contributed by atoms with Gasteiger partial charge in [0.1, 0.15) is 5.82 Å². The van der Waals surface area contributed by atoms with Gasteiger partial charge in [-0.1, -0.05) is 62.2 Å². The van der Waals surface area contributed by atoms with Crippen molar-refractivity contribution < 1.29 is 9.18 Å². The fourth-order valence-corrected chi connectivity index (χ4v) is 6.22. The molecular formula is C32H39FN4O. The van der Waals surface area contributed by atoms with E-state index in [-0.39, 0.29) is 11.7 Å². The molecule has 0 spiro atoms. The molecule has 200 valence electrons. The van der Waals surface area contributed by atoms with E-state index < -0.39 is 5.41 Å². The summed E-state index contributed by atoms with van der Waals surface area (Å²) in [5, 5.41) is 3.58. The van der Waals surface area contributed by atoms with Crippen molar-refractivity contribution in [1.82, 2.24) is 14.9 Å². The molecule has 2 aliphatic rings. The number of nitrogens with zero attached hydrogens (tertiary/aromatic N) is 3. The van der Waals surface area contributed by atoms with Gasteiger partial charge in [-0.2, -0.15) is 0 Å². The van der Waals surface area contributed by atoms with Gasteiger partial charge in [-0.25, -0.2) is 14.4 Å². The molecule has 38 heavy (non-hydrogen) atoms. The van der Waals surface area contributed by atoms with Crippen molar-refractivity contribution in [3.63, 3.8) is 0 Å². The Labute approximate surface area is 225 Å². The van der Waals surface area contributed by atoms with E-state index in [1.165, 1.54) is 30.5 Å². The summed E-state index contributed by atoms with van der Waals surface area (Å²) < 4.78 is 13.9. The van der Waals surface area contributed by atoms with E-state index in [4.69, 9.17) is 4.98 Å². The minimum atomic E-state index is -0.431. The second kappa shape index (κ2) is 11.6. The molecule has 6 heteroatoms. The van der Waals surface area contributed by atoms with Gasteiger partial charge in [0.2, 0.25) is 5.95 Å². The van der Waals surface area contributed by atoms with Crippen molar-refractivity contribution in [3.05, 3.63) is 89.0 Å². The Morgan fingerprint density at radius 2 is 1.71 bits per heavy atom. The highest BCUT2D eigenvalue weighted by atomic mass is 19.1. The first-order valence-corrected chi connectivity index (χ1v) is 14.1. The standard InChI is InChI=1S/C32H39FN4O/c1-23-10-16-27(17-11-23)35-31-34-22-28(30(38)37(2)21-18-24-8-4-3-5-9-24)29(36-31)32(19-6-7-20-32)25-12-14-26(33)15-13-25/h3-5,8-9,12-15,22-23,27H,6-7,10-11,16-21H2,1-2H3,(H,34,35,36). The SMILES string of the molecule is CC1CCC(Nc2ncc(C(=O)N(C)CCc3ccccc3)c(C3(c4ccc(F)cc4)CCCC3)n2)CC1. The van der Waals surface area contributed by atoms with Crippen molar-refractivity contribution in [3.8, 4) is 0 Å². The maximum absolute atomic E-state index is 13.9. The van der Waals surface area contributed by atoms with Crippen LogP contribution in [0, 0.1) is 11.7 Å². The van der Waals surface area contributed by atoms with E-state index in [9.17, 15) is 9.18 Å². The van der Waals surface area contributed by atoms with Gasteiger partial charge in [-0.05, 0) is 74.1 Å². The normalized spacial score (nSPS) is 20.7. The minimum Gasteiger partial charge on any atom is -0.351 e. The molecule has 1 amide bonds. The van der Waals surface area contributed by atoms with Gasteiger partial charge in [0.05, 0.1) is 11.3 Å². The number of amides is 1. The van der Waals surface area contributed by atoms with Crippen LogP contribution in [0.3, 0.4) is 0 Å². The molecule has 3 aromatic rings. The van der Waals surface area contributed by atoms with Gasteiger partial charge in [-0.3, -0.25) is 4.79 Å². The summed E-state index contributed by atoms with van der Waals surface area (Å²) in [5.74, 6) is 1.03. The van der Waals surface area contributed by atoms with E-state index >= 15 is 0 Å². The molecule has 0 atom stereocenters.